The Balaban J connectivity index is 3.07. The zero-order chi connectivity index (χ0) is 12.5. The lowest BCUT2D eigenvalue weighted by atomic mass is 10.0. The van der Waals surface area contributed by atoms with Crippen LogP contribution >= 0.6 is 10.7 Å². The fourth-order valence-electron chi connectivity index (χ4n) is 1.43. The molecule has 0 unspecified atom stereocenters. The third-order valence-electron chi connectivity index (χ3n) is 2.12. The van der Waals surface area contributed by atoms with E-state index >= 15 is 0 Å². The standard InChI is InChI=1S/C10H14ClNO3S/c1-7(2)4-9(13)8-5-10(12(3)6-8)16(11,14)15/h5-7H,4H2,1-3H3. The Labute approximate surface area is 99.6 Å². The van der Waals surface area contributed by atoms with Gasteiger partial charge in [0.25, 0.3) is 9.05 Å². The summed E-state index contributed by atoms with van der Waals surface area (Å²) in [5.41, 5.74) is 0.385. The van der Waals surface area contributed by atoms with Gasteiger partial charge in [0.05, 0.1) is 0 Å². The fraction of sp³-hybridized carbons (Fsp3) is 0.500. The summed E-state index contributed by atoms with van der Waals surface area (Å²) in [5, 5.41) is -0.0544. The van der Waals surface area contributed by atoms with Gasteiger partial charge in [0.2, 0.25) is 0 Å². The van der Waals surface area contributed by atoms with E-state index in [0.717, 1.165) is 0 Å². The molecule has 0 aliphatic carbocycles. The van der Waals surface area contributed by atoms with Crippen LogP contribution in [0.4, 0.5) is 0 Å². The first-order chi connectivity index (χ1) is 7.21. The van der Waals surface area contributed by atoms with E-state index in [4.69, 9.17) is 10.7 Å². The average Bonchev–Trinajstić information content (AvgIpc) is 2.44. The lowest BCUT2D eigenvalue weighted by Gasteiger charge is -2.00. The predicted molar refractivity (Wildman–Crippen MR) is 62.2 cm³/mol. The summed E-state index contributed by atoms with van der Waals surface area (Å²) in [6, 6.07) is 1.31. The second-order valence-corrected chi connectivity index (χ2v) is 6.65. The number of rotatable bonds is 4. The first-order valence-corrected chi connectivity index (χ1v) is 7.17. The van der Waals surface area contributed by atoms with Crippen molar-refractivity contribution in [2.45, 2.75) is 25.3 Å². The molecule has 90 valence electrons. The summed E-state index contributed by atoms with van der Waals surface area (Å²) in [6.07, 6.45) is 1.88. The maximum Gasteiger partial charge on any atom is 0.276 e. The number of hydrogen-bond donors (Lipinski definition) is 0. The van der Waals surface area contributed by atoms with Crippen molar-refractivity contribution in [3.63, 3.8) is 0 Å². The number of aryl methyl sites for hydroxylation is 1. The molecule has 6 heteroatoms. The van der Waals surface area contributed by atoms with Crippen molar-refractivity contribution in [2.24, 2.45) is 13.0 Å². The molecule has 0 radical (unpaired) electrons. The number of halogens is 1. The van der Waals surface area contributed by atoms with Crippen LogP contribution in [0, 0.1) is 5.92 Å². The number of hydrogen-bond acceptors (Lipinski definition) is 3. The van der Waals surface area contributed by atoms with Crippen LogP contribution in [0.25, 0.3) is 0 Å². The largest absolute Gasteiger partial charge is 0.340 e. The van der Waals surface area contributed by atoms with E-state index in [1.807, 2.05) is 13.8 Å². The normalized spacial score (nSPS) is 12.1. The van der Waals surface area contributed by atoms with E-state index in [1.54, 1.807) is 7.05 Å². The molecule has 0 saturated carbocycles. The van der Waals surface area contributed by atoms with Crippen LogP contribution in [0.5, 0.6) is 0 Å². The molecule has 0 bridgehead atoms. The molecular formula is C10H14ClNO3S. The number of ketones is 1. The molecule has 0 N–H and O–H groups in total. The fourth-order valence-corrected chi connectivity index (χ4v) is 2.55. The number of Topliss-reactive ketones (excluding diaryl/α,β-unsaturated/α-hetero) is 1. The lowest BCUT2D eigenvalue weighted by molar-refractivity contribution is 0.0968. The highest BCUT2D eigenvalue weighted by Gasteiger charge is 2.19. The summed E-state index contributed by atoms with van der Waals surface area (Å²) < 4.78 is 23.6. The molecule has 1 aromatic heterocycles. The van der Waals surface area contributed by atoms with E-state index in [9.17, 15) is 13.2 Å². The molecule has 0 aliphatic rings. The second-order valence-electron chi connectivity index (χ2n) is 4.14. The number of nitrogens with zero attached hydrogens (tertiary/aromatic N) is 1. The van der Waals surface area contributed by atoms with Gasteiger partial charge >= 0.3 is 0 Å². The van der Waals surface area contributed by atoms with Crippen molar-refractivity contribution in [1.29, 1.82) is 0 Å². The minimum absolute atomic E-state index is 0.0544. The third kappa shape index (κ3) is 3.09. The highest BCUT2D eigenvalue weighted by Crippen LogP contribution is 2.19. The second kappa shape index (κ2) is 4.59. The highest BCUT2D eigenvalue weighted by atomic mass is 35.7. The zero-order valence-corrected chi connectivity index (χ0v) is 11.0. The summed E-state index contributed by atoms with van der Waals surface area (Å²) in [6.45, 7) is 3.86. The Kier molecular flexibility index (Phi) is 3.80. The summed E-state index contributed by atoms with van der Waals surface area (Å²) in [7, 11) is 2.98. The first-order valence-electron chi connectivity index (χ1n) is 4.86. The van der Waals surface area contributed by atoms with Crippen molar-refractivity contribution in [2.75, 3.05) is 0 Å². The van der Waals surface area contributed by atoms with Crippen LogP contribution in [-0.2, 0) is 16.1 Å². The molecule has 1 rings (SSSR count). The molecule has 0 aromatic carbocycles. The van der Waals surface area contributed by atoms with Gasteiger partial charge < -0.3 is 4.57 Å². The molecular weight excluding hydrogens is 250 g/mol. The Morgan fingerprint density at radius 2 is 2.06 bits per heavy atom. The molecule has 0 atom stereocenters. The summed E-state index contributed by atoms with van der Waals surface area (Å²) >= 11 is 0. The molecule has 0 fully saturated rings. The molecule has 16 heavy (non-hydrogen) atoms. The molecule has 0 amide bonds. The zero-order valence-electron chi connectivity index (χ0n) is 9.40. The van der Waals surface area contributed by atoms with Crippen LogP contribution in [0.2, 0.25) is 0 Å². The van der Waals surface area contributed by atoms with Gasteiger partial charge in [-0.2, -0.15) is 0 Å². The maximum atomic E-state index is 11.7. The molecule has 1 aromatic rings. The number of carbonyl (C=O) groups excluding carboxylic acids is 1. The Bertz CT molecular complexity index is 502. The van der Waals surface area contributed by atoms with E-state index in [2.05, 4.69) is 0 Å². The van der Waals surface area contributed by atoms with Crippen LogP contribution < -0.4 is 0 Å². The van der Waals surface area contributed by atoms with Gasteiger partial charge in [-0.25, -0.2) is 8.42 Å². The van der Waals surface area contributed by atoms with Gasteiger partial charge in [-0.3, -0.25) is 4.79 Å². The maximum absolute atomic E-state index is 11.7. The van der Waals surface area contributed by atoms with Crippen LogP contribution in [0.3, 0.4) is 0 Å². The van der Waals surface area contributed by atoms with Crippen molar-refractivity contribution < 1.29 is 13.2 Å². The minimum Gasteiger partial charge on any atom is -0.340 e. The number of carbonyl (C=O) groups is 1. The summed E-state index contributed by atoms with van der Waals surface area (Å²) in [5.74, 6) is 0.168. The van der Waals surface area contributed by atoms with Crippen molar-refractivity contribution in [3.8, 4) is 0 Å². The van der Waals surface area contributed by atoms with E-state index in [0.29, 0.717) is 12.0 Å². The third-order valence-corrected chi connectivity index (χ3v) is 3.50. The van der Waals surface area contributed by atoms with Crippen LogP contribution in [-0.4, -0.2) is 18.8 Å². The number of aromatic nitrogens is 1. The van der Waals surface area contributed by atoms with E-state index in [1.165, 1.54) is 16.8 Å². The molecule has 0 aliphatic heterocycles. The molecule has 1 heterocycles. The van der Waals surface area contributed by atoms with E-state index in [-0.39, 0.29) is 16.7 Å². The SMILES string of the molecule is CC(C)CC(=O)c1cc(S(=O)(=O)Cl)n(C)c1. The van der Waals surface area contributed by atoms with Gasteiger partial charge in [-0.05, 0) is 12.0 Å². The molecule has 4 nitrogen and oxygen atoms in total. The highest BCUT2D eigenvalue weighted by molar-refractivity contribution is 8.13. The van der Waals surface area contributed by atoms with Crippen molar-refractivity contribution >= 4 is 25.5 Å². The van der Waals surface area contributed by atoms with Gasteiger partial charge in [0, 0.05) is 35.9 Å². The Morgan fingerprint density at radius 1 is 1.50 bits per heavy atom. The Hall–Kier alpha value is -0.810. The van der Waals surface area contributed by atoms with Crippen molar-refractivity contribution in [1.82, 2.24) is 4.57 Å². The van der Waals surface area contributed by atoms with Crippen LogP contribution in [0.1, 0.15) is 30.6 Å². The van der Waals surface area contributed by atoms with Gasteiger partial charge in [-0.1, -0.05) is 13.8 Å². The molecule has 0 saturated heterocycles. The van der Waals surface area contributed by atoms with Gasteiger partial charge in [-0.15, -0.1) is 0 Å². The van der Waals surface area contributed by atoms with Gasteiger partial charge in [0.15, 0.2) is 10.8 Å². The first kappa shape index (κ1) is 13.3. The van der Waals surface area contributed by atoms with Crippen LogP contribution in [0.15, 0.2) is 17.3 Å². The smallest absolute Gasteiger partial charge is 0.276 e. The monoisotopic (exact) mass is 263 g/mol. The quantitative estimate of drug-likeness (QED) is 0.618. The summed E-state index contributed by atoms with van der Waals surface area (Å²) in [4.78, 5) is 11.7. The lowest BCUT2D eigenvalue weighted by Crippen LogP contribution is -2.02. The topological polar surface area (TPSA) is 56.1 Å². The molecule has 0 spiro atoms. The Morgan fingerprint density at radius 3 is 2.44 bits per heavy atom. The average molecular weight is 264 g/mol. The minimum atomic E-state index is -3.79. The van der Waals surface area contributed by atoms with E-state index < -0.39 is 9.05 Å². The predicted octanol–water partition coefficient (Wildman–Crippen LogP) is 2.18. The van der Waals surface area contributed by atoms with Gasteiger partial charge in [0.1, 0.15) is 0 Å². The van der Waals surface area contributed by atoms with Crippen molar-refractivity contribution in [3.05, 3.63) is 17.8 Å².